The van der Waals surface area contributed by atoms with Gasteiger partial charge in [0, 0.05) is 10.9 Å². The summed E-state index contributed by atoms with van der Waals surface area (Å²) in [4.78, 5) is 12.1. The van der Waals surface area contributed by atoms with Gasteiger partial charge in [-0.05, 0) is 43.5 Å². The van der Waals surface area contributed by atoms with E-state index in [2.05, 4.69) is 30.5 Å². The molecule has 0 unspecified atom stereocenters. The lowest BCUT2D eigenvalue weighted by atomic mass is 10.0. The lowest BCUT2D eigenvalue weighted by Crippen LogP contribution is -2.30. The Bertz CT molecular complexity index is 442. The number of thioether (sulfide) groups is 1. The van der Waals surface area contributed by atoms with E-state index >= 15 is 0 Å². The second-order valence-corrected chi connectivity index (χ2v) is 6.84. The van der Waals surface area contributed by atoms with E-state index in [0.29, 0.717) is 16.9 Å². The van der Waals surface area contributed by atoms with Gasteiger partial charge in [0.25, 0.3) is 0 Å². The SMILES string of the molecule is CC(C)c1ccccc1NC(=O)CSC1CCNCC1. The zero-order valence-corrected chi connectivity index (χ0v) is 13.1. The molecule has 2 N–H and O–H groups in total. The average Bonchev–Trinajstić information content (AvgIpc) is 2.46. The molecule has 1 heterocycles. The van der Waals surface area contributed by atoms with Gasteiger partial charge in [0.15, 0.2) is 0 Å². The van der Waals surface area contributed by atoms with Crippen LogP contribution in [-0.2, 0) is 4.79 Å². The zero-order chi connectivity index (χ0) is 14.4. The van der Waals surface area contributed by atoms with Crippen LogP contribution < -0.4 is 10.6 Å². The maximum absolute atomic E-state index is 12.1. The molecule has 1 saturated heterocycles. The average molecular weight is 292 g/mol. The summed E-state index contributed by atoms with van der Waals surface area (Å²) < 4.78 is 0. The van der Waals surface area contributed by atoms with Crippen molar-refractivity contribution in [2.75, 3.05) is 24.2 Å². The van der Waals surface area contributed by atoms with Crippen molar-refractivity contribution in [1.82, 2.24) is 5.32 Å². The van der Waals surface area contributed by atoms with Crippen LogP contribution in [0.4, 0.5) is 5.69 Å². The number of hydrogen-bond acceptors (Lipinski definition) is 3. The van der Waals surface area contributed by atoms with Gasteiger partial charge in [-0.1, -0.05) is 32.0 Å². The molecule has 1 aromatic rings. The van der Waals surface area contributed by atoms with Crippen molar-refractivity contribution in [3.63, 3.8) is 0 Å². The third kappa shape index (κ3) is 4.53. The van der Waals surface area contributed by atoms with E-state index in [1.807, 2.05) is 18.2 Å². The molecule has 2 rings (SSSR count). The predicted molar refractivity (Wildman–Crippen MR) is 87.5 cm³/mol. The molecule has 0 bridgehead atoms. The van der Waals surface area contributed by atoms with Crippen molar-refractivity contribution in [2.24, 2.45) is 0 Å². The minimum atomic E-state index is 0.113. The fourth-order valence-corrected chi connectivity index (χ4v) is 3.48. The Hall–Kier alpha value is -1.000. The van der Waals surface area contributed by atoms with Crippen LogP contribution >= 0.6 is 11.8 Å². The lowest BCUT2D eigenvalue weighted by Gasteiger charge is -2.22. The van der Waals surface area contributed by atoms with Gasteiger partial charge in [-0.2, -0.15) is 0 Å². The highest BCUT2D eigenvalue weighted by atomic mass is 32.2. The molecule has 20 heavy (non-hydrogen) atoms. The summed E-state index contributed by atoms with van der Waals surface area (Å²) in [6.07, 6.45) is 2.33. The molecule has 0 radical (unpaired) electrons. The Morgan fingerprint density at radius 3 is 2.75 bits per heavy atom. The van der Waals surface area contributed by atoms with E-state index in [-0.39, 0.29) is 5.91 Å². The van der Waals surface area contributed by atoms with Crippen LogP contribution in [0.3, 0.4) is 0 Å². The van der Waals surface area contributed by atoms with Gasteiger partial charge in [0.1, 0.15) is 0 Å². The van der Waals surface area contributed by atoms with Gasteiger partial charge in [0.05, 0.1) is 5.75 Å². The van der Waals surface area contributed by atoms with Crippen molar-refractivity contribution in [1.29, 1.82) is 0 Å². The first-order chi connectivity index (χ1) is 9.66. The number of carbonyl (C=O) groups is 1. The molecular formula is C16H24N2OS. The number of anilines is 1. The van der Waals surface area contributed by atoms with E-state index < -0.39 is 0 Å². The zero-order valence-electron chi connectivity index (χ0n) is 12.3. The summed E-state index contributed by atoms with van der Waals surface area (Å²) in [5.41, 5.74) is 2.16. The van der Waals surface area contributed by atoms with Gasteiger partial charge in [-0.25, -0.2) is 0 Å². The smallest absolute Gasteiger partial charge is 0.234 e. The van der Waals surface area contributed by atoms with E-state index in [1.165, 1.54) is 18.4 Å². The molecule has 1 amide bonds. The normalized spacial score (nSPS) is 16.4. The lowest BCUT2D eigenvalue weighted by molar-refractivity contribution is -0.113. The Balaban J connectivity index is 1.85. The van der Waals surface area contributed by atoms with Gasteiger partial charge in [-0.3, -0.25) is 4.79 Å². The molecular weight excluding hydrogens is 268 g/mol. The summed E-state index contributed by atoms with van der Waals surface area (Å²) in [5.74, 6) is 1.09. The van der Waals surface area contributed by atoms with Crippen LogP contribution in [0.5, 0.6) is 0 Å². The number of para-hydroxylation sites is 1. The Morgan fingerprint density at radius 1 is 1.35 bits per heavy atom. The van der Waals surface area contributed by atoms with Crippen LogP contribution in [0.1, 0.15) is 38.2 Å². The predicted octanol–water partition coefficient (Wildman–Crippen LogP) is 3.23. The fourth-order valence-electron chi connectivity index (χ4n) is 2.46. The van der Waals surface area contributed by atoms with Crippen LogP contribution in [0, 0.1) is 0 Å². The molecule has 1 fully saturated rings. The highest BCUT2D eigenvalue weighted by Gasteiger charge is 2.15. The number of amides is 1. The highest BCUT2D eigenvalue weighted by molar-refractivity contribution is 8.00. The standard InChI is InChI=1S/C16H24N2OS/c1-12(2)14-5-3-4-6-15(14)18-16(19)11-20-13-7-9-17-10-8-13/h3-6,12-13,17H,7-11H2,1-2H3,(H,18,19). The van der Waals surface area contributed by atoms with Crippen LogP contribution in [-0.4, -0.2) is 30.0 Å². The van der Waals surface area contributed by atoms with Crippen molar-refractivity contribution in [3.05, 3.63) is 29.8 Å². The minimum Gasteiger partial charge on any atom is -0.325 e. The molecule has 0 atom stereocenters. The highest BCUT2D eigenvalue weighted by Crippen LogP contribution is 2.25. The molecule has 4 heteroatoms. The molecule has 1 aliphatic heterocycles. The Kier molecular flexibility index (Phi) is 5.92. The number of rotatable bonds is 5. The molecule has 0 spiro atoms. The maximum Gasteiger partial charge on any atom is 0.234 e. The number of piperidine rings is 1. The molecule has 1 aliphatic rings. The van der Waals surface area contributed by atoms with Crippen LogP contribution in [0.2, 0.25) is 0 Å². The Labute approximate surface area is 125 Å². The molecule has 1 aromatic carbocycles. The summed E-state index contributed by atoms with van der Waals surface area (Å²) in [6, 6.07) is 8.07. The molecule has 0 saturated carbocycles. The van der Waals surface area contributed by atoms with Gasteiger partial charge < -0.3 is 10.6 Å². The molecule has 110 valence electrons. The van der Waals surface area contributed by atoms with Gasteiger partial charge in [-0.15, -0.1) is 11.8 Å². The summed E-state index contributed by atoms with van der Waals surface area (Å²) in [7, 11) is 0. The van der Waals surface area contributed by atoms with Gasteiger partial charge in [0.2, 0.25) is 5.91 Å². The topological polar surface area (TPSA) is 41.1 Å². The molecule has 0 aliphatic carbocycles. The van der Waals surface area contributed by atoms with Crippen molar-refractivity contribution in [2.45, 2.75) is 37.9 Å². The number of carbonyl (C=O) groups excluding carboxylic acids is 1. The van der Waals surface area contributed by atoms with Crippen molar-refractivity contribution >= 4 is 23.4 Å². The summed E-state index contributed by atoms with van der Waals surface area (Å²) in [6.45, 7) is 6.45. The number of nitrogens with one attached hydrogen (secondary N) is 2. The summed E-state index contributed by atoms with van der Waals surface area (Å²) >= 11 is 1.79. The van der Waals surface area contributed by atoms with E-state index in [4.69, 9.17) is 0 Å². The van der Waals surface area contributed by atoms with Crippen molar-refractivity contribution < 1.29 is 4.79 Å². The van der Waals surface area contributed by atoms with E-state index in [1.54, 1.807) is 11.8 Å². The molecule has 0 aromatic heterocycles. The summed E-state index contributed by atoms with van der Waals surface area (Å²) in [5, 5.41) is 7.03. The number of benzene rings is 1. The van der Waals surface area contributed by atoms with Gasteiger partial charge >= 0.3 is 0 Å². The first-order valence-electron chi connectivity index (χ1n) is 7.38. The van der Waals surface area contributed by atoms with E-state index in [0.717, 1.165) is 18.8 Å². The molecule has 3 nitrogen and oxygen atoms in total. The third-order valence-corrected chi connectivity index (χ3v) is 4.96. The quantitative estimate of drug-likeness (QED) is 0.875. The van der Waals surface area contributed by atoms with E-state index in [9.17, 15) is 4.79 Å². The second kappa shape index (κ2) is 7.70. The fraction of sp³-hybridized carbons (Fsp3) is 0.562. The number of hydrogen-bond donors (Lipinski definition) is 2. The van der Waals surface area contributed by atoms with Crippen LogP contribution in [0.15, 0.2) is 24.3 Å². The Morgan fingerprint density at radius 2 is 2.05 bits per heavy atom. The first kappa shape index (κ1) is 15.4. The minimum absolute atomic E-state index is 0.113. The van der Waals surface area contributed by atoms with Crippen molar-refractivity contribution in [3.8, 4) is 0 Å². The van der Waals surface area contributed by atoms with Crippen LogP contribution in [0.25, 0.3) is 0 Å². The third-order valence-electron chi connectivity index (χ3n) is 3.59. The second-order valence-electron chi connectivity index (χ2n) is 5.55. The monoisotopic (exact) mass is 292 g/mol. The first-order valence-corrected chi connectivity index (χ1v) is 8.43. The maximum atomic E-state index is 12.1. The largest absolute Gasteiger partial charge is 0.325 e.